The van der Waals surface area contributed by atoms with Crippen molar-refractivity contribution >= 4 is 0 Å². The van der Waals surface area contributed by atoms with Gasteiger partial charge >= 0.3 is 0 Å². The summed E-state index contributed by atoms with van der Waals surface area (Å²) < 4.78 is 19.3. The summed E-state index contributed by atoms with van der Waals surface area (Å²) in [4.78, 5) is 0. The summed E-state index contributed by atoms with van der Waals surface area (Å²) >= 11 is 0. The molecular weight excluding hydrogens is 564 g/mol. The second kappa shape index (κ2) is 9.63. The number of hydrogen-bond donors (Lipinski definition) is 6. The van der Waals surface area contributed by atoms with E-state index in [-0.39, 0.29) is 52.1 Å². The molecule has 5 aliphatic carbocycles. The Morgan fingerprint density at radius 1 is 0.682 bits per heavy atom. The van der Waals surface area contributed by atoms with Crippen molar-refractivity contribution in [3.05, 3.63) is 0 Å². The van der Waals surface area contributed by atoms with Crippen LogP contribution >= 0.6 is 0 Å². The Hall–Kier alpha value is -0.360. The van der Waals surface area contributed by atoms with E-state index in [1.165, 1.54) is 0 Å². The fourth-order valence-electron chi connectivity index (χ4n) is 13.4. The third kappa shape index (κ3) is 3.91. The molecule has 2 saturated heterocycles. The first-order valence-electron chi connectivity index (χ1n) is 17.4. The molecule has 16 atom stereocenters. The predicted molar refractivity (Wildman–Crippen MR) is 161 cm³/mol. The standard InChI is InChI=1S/C35H58O9/c1-29(2)22(38)9-11-35-17-34(35)13-12-31(5)26(33(7)10-8-23(39)30(3,4)44-33)18(36)15-32(31,6)21(34)14-20(27(29)35)43-28-25(41)24(40)19(37)16-42-28/h18-28,36-41H,8-17H2,1-7H3/t18-,19+,20-,21?,22-,23-,24-,25+,26-,27?,28-,31+,32-,33+,34-,35+/m0/s1. The van der Waals surface area contributed by atoms with Crippen LogP contribution in [0, 0.1) is 44.8 Å². The van der Waals surface area contributed by atoms with E-state index in [0.717, 1.165) is 38.5 Å². The lowest BCUT2D eigenvalue weighted by molar-refractivity contribution is -0.311. The summed E-state index contributed by atoms with van der Waals surface area (Å²) in [5.41, 5.74) is -1.99. The van der Waals surface area contributed by atoms with Crippen LogP contribution < -0.4 is 0 Å². The van der Waals surface area contributed by atoms with Crippen LogP contribution in [0.3, 0.4) is 0 Å². The van der Waals surface area contributed by atoms with Crippen LogP contribution in [0.15, 0.2) is 0 Å². The highest BCUT2D eigenvalue weighted by atomic mass is 16.7. The van der Waals surface area contributed by atoms with Gasteiger partial charge in [0.25, 0.3) is 0 Å². The van der Waals surface area contributed by atoms with Gasteiger partial charge in [-0.15, -0.1) is 0 Å². The molecule has 2 aliphatic heterocycles. The van der Waals surface area contributed by atoms with Crippen LogP contribution in [0.2, 0.25) is 0 Å². The zero-order chi connectivity index (χ0) is 32.0. The van der Waals surface area contributed by atoms with Gasteiger partial charge in [-0.05, 0) is 117 Å². The van der Waals surface area contributed by atoms with E-state index < -0.39 is 59.5 Å². The number of ether oxygens (including phenoxy) is 3. The maximum absolute atomic E-state index is 12.0. The molecule has 9 heteroatoms. The first-order chi connectivity index (χ1) is 20.3. The Bertz CT molecular complexity index is 1160. The molecule has 2 heterocycles. The molecule has 7 fully saturated rings. The molecule has 7 aliphatic rings. The Morgan fingerprint density at radius 2 is 1.36 bits per heavy atom. The van der Waals surface area contributed by atoms with Crippen molar-refractivity contribution in [3.63, 3.8) is 0 Å². The van der Waals surface area contributed by atoms with Gasteiger partial charge in [0.2, 0.25) is 0 Å². The Balaban J connectivity index is 1.27. The van der Waals surface area contributed by atoms with Crippen LogP contribution in [0.1, 0.15) is 106 Å². The highest BCUT2D eigenvalue weighted by Crippen LogP contribution is 2.89. The van der Waals surface area contributed by atoms with E-state index >= 15 is 0 Å². The van der Waals surface area contributed by atoms with Crippen molar-refractivity contribution in [2.75, 3.05) is 6.61 Å². The number of rotatable bonds is 3. The summed E-state index contributed by atoms with van der Waals surface area (Å²) in [6.45, 7) is 15.1. The van der Waals surface area contributed by atoms with Gasteiger partial charge in [0.1, 0.15) is 18.3 Å². The zero-order valence-corrected chi connectivity index (χ0v) is 27.8. The minimum absolute atomic E-state index is 0.00815. The highest BCUT2D eigenvalue weighted by molar-refractivity contribution is 5.33. The first kappa shape index (κ1) is 32.2. The van der Waals surface area contributed by atoms with Crippen molar-refractivity contribution < 1.29 is 44.8 Å². The van der Waals surface area contributed by atoms with Gasteiger partial charge in [0, 0.05) is 5.92 Å². The second-order valence-electron chi connectivity index (χ2n) is 18.2. The van der Waals surface area contributed by atoms with E-state index in [4.69, 9.17) is 14.2 Å². The van der Waals surface area contributed by atoms with Gasteiger partial charge in [0.05, 0.1) is 42.2 Å². The average Bonchev–Trinajstić information content (AvgIpc) is 3.52. The molecule has 9 nitrogen and oxygen atoms in total. The molecule has 7 rings (SSSR count). The molecular formula is C35H58O9. The highest BCUT2D eigenvalue weighted by Gasteiger charge is 2.85. The SMILES string of the molecule is CC1(C)O[C@@](C)([C@H]2[C@@H](O)C[C@@]3(C)C4C[C@H](O[C@@H]5OC[C@@H](O)[C@H](O)[C@H]5O)C5C(C)(C)[C@@H](O)CC[C@@]56C[C@@]46CC[C@]23C)CC[C@@H]1O. The number of fused-ring (bicyclic) bond motifs is 2. The van der Waals surface area contributed by atoms with Crippen LogP contribution in [-0.4, -0.2) is 97.5 Å². The van der Waals surface area contributed by atoms with Crippen LogP contribution in [0.25, 0.3) is 0 Å². The van der Waals surface area contributed by atoms with E-state index in [9.17, 15) is 30.6 Å². The Morgan fingerprint density at radius 3 is 2.05 bits per heavy atom. The molecule has 44 heavy (non-hydrogen) atoms. The van der Waals surface area contributed by atoms with Crippen LogP contribution in [0.4, 0.5) is 0 Å². The lowest BCUT2D eigenvalue weighted by atomic mass is 9.41. The van der Waals surface area contributed by atoms with E-state index in [0.29, 0.717) is 19.3 Å². The molecule has 0 aromatic carbocycles. The third-order valence-corrected chi connectivity index (χ3v) is 15.6. The van der Waals surface area contributed by atoms with Crippen molar-refractivity contribution in [1.82, 2.24) is 0 Å². The van der Waals surface area contributed by atoms with Crippen molar-refractivity contribution in [3.8, 4) is 0 Å². The van der Waals surface area contributed by atoms with Gasteiger partial charge in [-0.3, -0.25) is 0 Å². The molecule has 252 valence electrons. The zero-order valence-electron chi connectivity index (χ0n) is 27.8. The Kier molecular flexibility index (Phi) is 7.04. The molecule has 0 amide bonds. The monoisotopic (exact) mass is 622 g/mol. The maximum Gasteiger partial charge on any atom is 0.186 e. The molecule has 2 unspecified atom stereocenters. The van der Waals surface area contributed by atoms with Gasteiger partial charge in [-0.25, -0.2) is 0 Å². The van der Waals surface area contributed by atoms with Crippen LogP contribution in [-0.2, 0) is 14.2 Å². The summed E-state index contributed by atoms with van der Waals surface area (Å²) in [5.74, 6) is 0.217. The minimum atomic E-state index is -1.37. The molecule has 0 bridgehead atoms. The minimum Gasteiger partial charge on any atom is -0.393 e. The topological polar surface area (TPSA) is 149 Å². The lowest BCUT2D eigenvalue weighted by Gasteiger charge is -2.65. The van der Waals surface area contributed by atoms with Crippen molar-refractivity contribution in [2.45, 2.75) is 166 Å². The molecule has 0 aromatic rings. The fraction of sp³-hybridized carbons (Fsp3) is 1.00. The molecule has 5 saturated carbocycles. The first-order valence-corrected chi connectivity index (χ1v) is 17.4. The summed E-state index contributed by atoms with van der Waals surface area (Å²) in [7, 11) is 0. The van der Waals surface area contributed by atoms with Gasteiger partial charge in [-0.1, -0.05) is 27.7 Å². The van der Waals surface area contributed by atoms with Gasteiger partial charge in [-0.2, -0.15) is 0 Å². The van der Waals surface area contributed by atoms with E-state index in [1.54, 1.807) is 0 Å². The quantitative estimate of drug-likeness (QED) is 0.261. The molecule has 0 aromatic heterocycles. The maximum atomic E-state index is 12.0. The largest absolute Gasteiger partial charge is 0.393 e. The predicted octanol–water partition coefficient (Wildman–Crippen LogP) is 2.90. The van der Waals surface area contributed by atoms with Crippen LogP contribution in [0.5, 0.6) is 0 Å². The fourth-order valence-corrected chi connectivity index (χ4v) is 13.4. The van der Waals surface area contributed by atoms with Crippen molar-refractivity contribution in [1.29, 1.82) is 0 Å². The van der Waals surface area contributed by atoms with E-state index in [2.05, 4.69) is 34.6 Å². The molecule has 6 N–H and O–H groups in total. The lowest BCUT2D eigenvalue weighted by Crippen LogP contribution is -2.64. The van der Waals surface area contributed by atoms with Crippen molar-refractivity contribution in [2.24, 2.45) is 44.8 Å². The summed E-state index contributed by atoms with van der Waals surface area (Å²) in [6.07, 6.45) is 0.764. The summed E-state index contributed by atoms with van der Waals surface area (Å²) in [6, 6.07) is 0. The van der Waals surface area contributed by atoms with E-state index in [1.807, 2.05) is 13.8 Å². The molecule has 2 spiro atoms. The average molecular weight is 623 g/mol. The third-order valence-electron chi connectivity index (χ3n) is 15.6. The second-order valence-corrected chi connectivity index (χ2v) is 18.2. The number of aliphatic hydroxyl groups excluding tert-OH is 6. The Labute approximate surface area is 262 Å². The molecule has 0 radical (unpaired) electrons. The van der Waals surface area contributed by atoms with Gasteiger partial charge < -0.3 is 44.8 Å². The number of hydrogen-bond acceptors (Lipinski definition) is 9. The normalized spacial score (nSPS) is 60.9. The number of aliphatic hydroxyl groups is 6. The summed E-state index contributed by atoms with van der Waals surface area (Å²) in [5, 5.41) is 65.6. The van der Waals surface area contributed by atoms with Gasteiger partial charge in [0.15, 0.2) is 6.29 Å². The smallest absolute Gasteiger partial charge is 0.186 e.